The molecule has 1 aromatic heterocycles. The average Bonchev–Trinajstić information content (AvgIpc) is 2.96. The Labute approximate surface area is 133 Å². The highest BCUT2D eigenvalue weighted by atomic mass is 19.1. The normalized spacial score (nSPS) is 12.7. The third kappa shape index (κ3) is 3.34. The van der Waals surface area contributed by atoms with Gasteiger partial charge in [-0.2, -0.15) is 10.2 Å². The minimum absolute atomic E-state index is 0.221. The molecule has 3 rings (SSSR count). The van der Waals surface area contributed by atoms with E-state index in [1.807, 2.05) is 44.2 Å². The molecule has 0 spiro atoms. The monoisotopic (exact) mass is 309 g/mol. The van der Waals surface area contributed by atoms with Gasteiger partial charge in [0.05, 0.1) is 11.7 Å². The summed E-state index contributed by atoms with van der Waals surface area (Å²) in [5, 5.41) is 12.6. The molecule has 0 aliphatic carbocycles. The molecule has 116 valence electrons. The van der Waals surface area contributed by atoms with Crippen molar-refractivity contribution >= 4 is 5.69 Å². The molecule has 1 unspecified atom stereocenters. The highest BCUT2D eigenvalue weighted by molar-refractivity contribution is 5.63. The molecule has 3 aromatic rings. The van der Waals surface area contributed by atoms with Crippen LogP contribution in [0.15, 0.2) is 69.3 Å². The number of halogens is 1. The molecule has 0 bridgehead atoms. The van der Waals surface area contributed by atoms with Gasteiger partial charge in [0.25, 0.3) is 0 Å². The van der Waals surface area contributed by atoms with Crippen molar-refractivity contribution in [2.24, 2.45) is 10.2 Å². The molecule has 2 aromatic carbocycles. The van der Waals surface area contributed by atoms with E-state index in [9.17, 15) is 4.39 Å². The molecule has 0 saturated heterocycles. The first kappa shape index (κ1) is 15.1. The van der Waals surface area contributed by atoms with Crippen LogP contribution in [0.2, 0.25) is 0 Å². The molecule has 0 amide bonds. The van der Waals surface area contributed by atoms with Crippen molar-refractivity contribution in [2.75, 3.05) is 0 Å². The highest BCUT2D eigenvalue weighted by Gasteiger charge is 2.20. The number of aromatic nitrogens is 1. The maximum Gasteiger partial charge on any atom is 0.139 e. The molecular weight excluding hydrogens is 293 g/mol. The molecule has 0 aliphatic heterocycles. The summed E-state index contributed by atoms with van der Waals surface area (Å²) in [5.41, 5.74) is 3.26. The van der Waals surface area contributed by atoms with Crippen LogP contribution in [0.1, 0.15) is 24.3 Å². The van der Waals surface area contributed by atoms with Crippen LogP contribution in [0.3, 0.4) is 0 Å². The van der Waals surface area contributed by atoms with Gasteiger partial charge in [0, 0.05) is 11.1 Å². The lowest BCUT2D eigenvalue weighted by molar-refractivity contribution is 0.397. The molecule has 0 fully saturated rings. The van der Waals surface area contributed by atoms with Crippen molar-refractivity contribution in [1.82, 2.24) is 5.16 Å². The quantitative estimate of drug-likeness (QED) is 0.586. The first-order valence-corrected chi connectivity index (χ1v) is 7.33. The van der Waals surface area contributed by atoms with Crippen LogP contribution in [-0.4, -0.2) is 5.16 Å². The van der Waals surface area contributed by atoms with Crippen molar-refractivity contribution in [3.63, 3.8) is 0 Å². The Morgan fingerprint density at radius 1 is 1.04 bits per heavy atom. The van der Waals surface area contributed by atoms with Crippen LogP contribution in [0, 0.1) is 12.7 Å². The number of aryl methyl sites for hydroxylation is 1. The molecule has 1 heterocycles. The van der Waals surface area contributed by atoms with Crippen LogP contribution < -0.4 is 0 Å². The van der Waals surface area contributed by atoms with Gasteiger partial charge < -0.3 is 4.52 Å². The van der Waals surface area contributed by atoms with Gasteiger partial charge in [-0.05, 0) is 38.1 Å². The second-order valence-corrected chi connectivity index (χ2v) is 5.23. The summed E-state index contributed by atoms with van der Waals surface area (Å²) in [4.78, 5) is 0. The largest absolute Gasteiger partial charge is 0.361 e. The van der Waals surface area contributed by atoms with Gasteiger partial charge >= 0.3 is 0 Å². The second-order valence-electron chi connectivity index (χ2n) is 5.23. The number of benzene rings is 2. The van der Waals surface area contributed by atoms with Gasteiger partial charge in [-0.1, -0.05) is 35.5 Å². The minimum Gasteiger partial charge on any atom is -0.361 e. The van der Waals surface area contributed by atoms with E-state index in [0.29, 0.717) is 5.69 Å². The van der Waals surface area contributed by atoms with E-state index >= 15 is 0 Å². The lowest BCUT2D eigenvalue weighted by Gasteiger charge is -2.06. The van der Waals surface area contributed by atoms with Crippen LogP contribution in [-0.2, 0) is 0 Å². The first-order valence-electron chi connectivity index (χ1n) is 7.33. The van der Waals surface area contributed by atoms with E-state index in [1.54, 1.807) is 12.1 Å². The molecular formula is C18H16FN3O. The number of hydrogen-bond donors (Lipinski definition) is 0. The fourth-order valence-electron chi connectivity index (χ4n) is 2.39. The zero-order chi connectivity index (χ0) is 16.2. The lowest BCUT2D eigenvalue weighted by Crippen LogP contribution is -1.93. The van der Waals surface area contributed by atoms with E-state index < -0.39 is 0 Å². The van der Waals surface area contributed by atoms with Gasteiger partial charge in [-0.3, -0.25) is 0 Å². The third-order valence-electron chi connectivity index (χ3n) is 3.55. The molecule has 0 radical (unpaired) electrons. The highest BCUT2D eigenvalue weighted by Crippen LogP contribution is 2.32. The number of hydrogen-bond acceptors (Lipinski definition) is 4. The molecule has 5 heteroatoms. The molecule has 4 nitrogen and oxygen atoms in total. The molecule has 0 aliphatic rings. The topological polar surface area (TPSA) is 50.8 Å². The van der Waals surface area contributed by atoms with Crippen LogP contribution in [0.25, 0.3) is 11.3 Å². The maximum atomic E-state index is 12.9. The molecule has 0 saturated carbocycles. The fourth-order valence-corrected chi connectivity index (χ4v) is 2.39. The van der Waals surface area contributed by atoms with Crippen molar-refractivity contribution in [3.05, 3.63) is 71.7 Å². The van der Waals surface area contributed by atoms with Gasteiger partial charge in [-0.25, -0.2) is 4.39 Å². The van der Waals surface area contributed by atoms with Crippen molar-refractivity contribution < 1.29 is 8.91 Å². The van der Waals surface area contributed by atoms with Crippen LogP contribution >= 0.6 is 0 Å². The Morgan fingerprint density at radius 2 is 1.74 bits per heavy atom. The Kier molecular flexibility index (Phi) is 4.28. The summed E-state index contributed by atoms with van der Waals surface area (Å²) >= 11 is 0. The van der Waals surface area contributed by atoms with E-state index in [0.717, 1.165) is 22.6 Å². The number of azo groups is 1. The summed E-state index contributed by atoms with van der Waals surface area (Å²) < 4.78 is 18.2. The van der Waals surface area contributed by atoms with Gasteiger partial charge in [0.2, 0.25) is 0 Å². The predicted octanol–water partition coefficient (Wildman–Crippen LogP) is 5.63. The van der Waals surface area contributed by atoms with E-state index in [2.05, 4.69) is 15.4 Å². The zero-order valence-corrected chi connectivity index (χ0v) is 12.9. The maximum absolute atomic E-state index is 12.9. The van der Waals surface area contributed by atoms with Gasteiger partial charge in [-0.15, -0.1) is 0 Å². The summed E-state index contributed by atoms with van der Waals surface area (Å²) in [5.74, 6) is 0.424. The summed E-state index contributed by atoms with van der Waals surface area (Å²) in [6, 6.07) is 15.5. The molecule has 23 heavy (non-hydrogen) atoms. The van der Waals surface area contributed by atoms with Crippen LogP contribution in [0.4, 0.5) is 10.1 Å². The SMILES string of the molecule is Cc1onc(-c2ccccc2)c1C(C)N=Nc1ccc(F)cc1. The summed E-state index contributed by atoms with van der Waals surface area (Å²) in [6.45, 7) is 3.79. The van der Waals surface area contributed by atoms with E-state index in [1.165, 1.54) is 12.1 Å². The smallest absolute Gasteiger partial charge is 0.139 e. The third-order valence-corrected chi connectivity index (χ3v) is 3.55. The van der Waals surface area contributed by atoms with Gasteiger partial charge in [0.1, 0.15) is 17.3 Å². The second kappa shape index (κ2) is 6.52. The number of rotatable bonds is 4. The lowest BCUT2D eigenvalue weighted by atomic mass is 10.0. The molecule has 0 N–H and O–H groups in total. The predicted molar refractivity (Wildman–Crippen MR) is 86.0 cm³/mol. The Morgan fingerprint density at radius 3 is 2.43 bits per heavy atom. The van der Waals surface area contributed by atoms with Crippen molar-refractivity contribution in [3.8, 4) is 11.3 Å². The average molecular weight is 309 g/mol. The van der Waals surface area contributed by atoms with Crippen LogP contribution in [0.5, 0.6) is 0 Å². The Hall–Kier alpha value is -2.82. The van der Waals surface area contributed by atoms with E-state index in [4.69, 9.17) is 4.52 Å². The summed E-state index contributed by atoms with van der Waals surface area (Å²) in [7, 11) is 0. The summed E-state index contributed by atoms with van der Waals surface area (Å²) in [6.07, 6.45) is 0. The Balaban J connectivity index is 1.89. The van der Waals surface area contributed by atoms with E-state index in [-0.39, 0.29) is 11.9 Å². The molecule has 1 atom stereocenters. The zero-order valence-electron chi connectivity index (χ0n) is 12.9. The minimum atomic E-state index is -0.293. The standard InChI is InChI=1S/C18H16FN3O/c1-12(20-21-16-10-8-15(19)9-11-16)17-13(2)23-22-18(17)14-6-4-3-5-7-14/h3-12H,1-2H3. The van der Waals surface area contributed by atoms with Crippen molar-refractivity contribution in [2.45, 2.75) is 19.9 Å². The fraction of sp³-hybridized carbons (Fsp3) is 0.167. The van der Waals surface area contributed by atoms with Crippen molar-refractivity contribution in [1.29, 1.82) is 0 Å². The Bertz CT molecular complexity index is 810. The number of nitrogens with zero attached hydrogens (tertiary/aromatic N) is 3. The first-order chi connectivity index (χ1) is 11.1. The van der Waals surface area contributed by atoms with Gasteiger partial charge in [0.15, 0.2) is 0 Å².